The summed E-state index contributed by atoms with van der Waals surface area (Å²) in [6.07, 6.45) is 3.69. The number of hydrogen-bond acceptors (Lipinski definition) is 3. The van der Waals surface area contributed by atoms with E-state index in [9.17, 15) is 0 Å². The highest BCUT2D eigenvalue weighted by molar-refractivity contribution is 7.99. The van der Waals surface area contributed by atoms with E-state index in [2.05, 4.69) is 25.7 Å². The van der Waals surface area contributed by atoms with Crippen molar-refractivity contribution in [1.29, 1.82) is 0 Å². The maximum absolute atomic E-state index is 6.17. The molecule has 1 saturated carbocycles. The van der Waals surface area contributed by atoms with Crippen molar-refractivity contribution in [2.45, 2.75) is 52.2 Å². The maximum atomic E-state index is 6.17. The topological polar surface area (TPSA) is 50.9 Å². The van der Waals surface area contributed by atoms with Gasteiger partial charge in [-0.3, -0.25) is 0 Å². The summed E-state index contributed by atoms with van der Waals surface area (Å²) in [5.74, 6) is 3.05. The van der Waals surface area contributed by atoms with E-state index in [0.717, 1.165) is 50.0 Å². The van der Waals surface area contributed by atoms with Gasteiger partial charge in [0.15, 0.2) is 5.96 Å². The van der Waals surface area contributed by atoms with E-state index in [1.165, 1.54) is 6.42 Å². The molecule has 0 amide bonds. The summed E-state index contributed by atoms with van der Waals surface area (Å²) in [6.45, 7) is 9.63. The van der Waals surface area contributed by atoms with Crippen molar-refractivity contribution in [3.05, 3.63) is 0 Å². The van der Waals surface area contributed by atoms with Gasteiger partial charge in [-0.2, -0.15) is 11.8 Å². The molecule has 0 aromatic rings. The van der Waals surface area contributed by atoms with Crippen molar-refractivity contribution in [2.24, 2.45) is 16.1 Å². The van der Waals surface area contributed by atoms with Crippen LogP contribution in [0.15, 0.2) is 4.99 Å². The molecule has 116 valence electrons. The van der Waals surface area contributed by atoms with Crippen molar-refractivity contribution in [3.63, 3.8) is 0 Å². The number of nitrogens with zero attached hydrogens (tertiary/aromatic N) is 2. The third kappa shape index (κ3) is 3.61. The van der Waals surface area contributed by atoms with Crippen molar-refractivity contribution in [3.8, 4) is 0 Å². The fourth-order valence-corrected chi connectivity index (χ4v) is 3.67. The Morgan fingerprint density at radius 2 is 2.10 bits per heavy atom. The first-order valence-corrected chi connectivity index (χ1v) is 8.98. The van der Waals surface area contributed by atoms with E-state index in [0.29, 0.717) is 12.1 Å². The lowest BCUT2D eigenvalue weighted by molar-refractivity contribution is -0.107. The molecule has 2 N–H and O–H groups in total. The third-order valence-electron chi connectivity index (χ3n) is 4.57. The first-order chi connectivity index (χ1) is 9.55. The number of unbranched alkanes of at least 4 members (excludes halogenated alkanes) is 1. The smallest absolute Gasteiger partial charge is 0.191 e. The predicted molar refractivity (Wildman–Crippen MR) is 87.4 cm³/mol. The molecule has 2 atom stereocenters. The van der Waals surface area contributed by atoms with Gasteiger partial charge in [0.1, 0.15) is 0 Å². The van der Waals surface area contributed by atoms with Gasteiger partial charge in [-0.1, -0.05) is 27.2 Å². The number of nitrogens with two attached hydrogens (primary N) is 1. The van der Waals surface area contributed by atoms with Crippen LogP contribution in [0.25, 0.3) is 0 Å². The molecule has 20 heavy (non-hydrogen) atoms. The van der Waals surface area contributed by atoms with E-state index in [-0.39, 0.29) is 5.41 Å². The van der Waals surface area contributed by atoms with Crippen LogP contribution >= 0.6 is 11.8 Å². The van der Waals surface area contributed by atoms with E-state index >= 15 is 0 Å². The summed E-state index contributed by atoms with van der Waals surface area (Å²) in [5, 5.41) is 0. The first-order valence-electron chi connectivity index (χ1n) is 7.83. The molecule has 0 radical (unpaired) electrons. The Kier molecular flexibility index (Phi) is 5.61. The highest BCUT2D eigenvalue weighted by atomic mass is 32.2. The van der Waals surface area contributed by atoms with Crippen LogP contribution in [-0.2, 0) is 4.74 Å². The normalized spacial score (nSPS) is 30.1. The quantitative estimate of drug-likeness (QED) is 0.481. The number of guanidine groups is 1. The molecule has 1 heterocycles. The Morgan fingerprint density at radius 1 is 1.40 bits per heavy atom. The second-order valence-electron chi connectivity index (χ2n) is 6.37. The molecule has 0 aromatic carbocycles. The molecule has 5 heteroatoms. The lowest BCUT2D eigenvalue weighted by Crippen LogP contribution is -2.55. The molecule has 0 bridgehead atoms. The Bertz CT molecular complexity index is 340. The second kappa shape index (κ2) is 7.03. The van der Waals surface area contributed by atoms with Gasteiger partial charge in [0, 0.05) is 36.6 Å². The maximum Gasteiger partial charge on any atom is 0.191 e. The van der Waals surface area contributed by atoms with Gasteiger partial charge in [-0.15, -0.1) is 0 Å². The molecule has 2 unspecified atom stereocenters. The minimum Gasteiger partial charge on any atom is -0.377 e. The summed E-state index contributed by atoms with van der Waals surface area (Å²) in [5.41, 5.74) is 6.29. The van der Waals surface area contributed by atoms with Gasteiger partial charge in [-0.25, -0.2) is 4.99 Å². The standard InChI is InChI=1S/C15H29N3OS/c1-4-5-8-19-13-11-12(15(13,2)3)17-14(16)18-6-9-20-10-7-18/h12-13H,4-11H2,1-3H3,(H2,16,17). The minimum absolute atomic E-state index is 0.114. The molecule has 2 fully saturated rings. The van der Waals surface area contributed by atoms with Gasteiger partial charge >= 0.3 is 0 Å². The zero-order chi connectivity index (χ0) is 14.6. The fourth-order valence-electron chi connectivity index (χ4n) is 2.77. The average molecular weight is 299 g/mol. The summed E-state index contributed by atoms with van der Waals surface area (Å²) in [6, 6.07) is 0.309. The van der Waals surface area contributed by atoms with Crippen LogP contribution in [0.1, 0.15) is 40.0 Å². The van der Waals surface area contributed by atoms with Gasteiger partial charge < -0.3 is 15.4 Å². The van der Waals surface area contributed by atoms with Crippen LogP contribution in [0.3, 0.4) is 0 Å². The van der Waals surface area contributed by atoms with Crippen LogP contribution in [-0.4, -0.2) is 54.2 Å². The lowest BCUT2D eigenvalue weighted by Gasteiger charge is -2.49. The Hall–Kier alpha value is -0.420. The molecule has 1 aliphatic heterocycles. The van der Waals surface area contributed by atoms with E-state index in [1.54, 1.807) is 0 Å². The number of hydrogen-bond donors (Lipinski definition) is 1. The van der Waals surface area contributed by atoms with Gasteiger partial charge in [-0.05, 0) is 12.8 Å². The molecular formula is C15H29N3OS. The number of ether oxygens (including phenoxy) is 1. The van der Waals surface area contributed by atoms with E-state index < -0.39 is 0 Å². The number of thioether (sulfide) groups is 1. The third-order valence-corrected chi connectivity index (χ3v) is 5.51. The second-order valence-corrected chi connectivity index (χ2v) is 7.60. The monoisotopic (exact) mass is 299 g/mol. The van der Waals surface area contributed by atoms with E-state index in [4.69, 9.17) is 15.5 Å². The van der Waals surface area contributed by atoms with Crippen molar-refractivity contribution >= 4 is 17.7 Å². The Morgan fingerprint density at radius 3 is 2.70 bits per heavy atom. The largest absolute Gasteiger partial charge is 0.377 e. The van der Waals surface area contributed by atoms with Gasteiger partial charge in [0.25, 0.3) is 0 Å². The van der Waals surface area contributed by atoms with Gasteiger partial charge in [0.05, 0.1) is 12.1 Å². The fraction of sp³-hybridized carbons (Fsp3) is 0.933. The molecule has 0 aromatic heterocycles. The first kappa shape index (κ1) is 16.0. The van der Waals surface area contributed by atoms with Gasteiger partial charge in [0.2, 0.25) is 0 Å². The van der Waals surface area contributed by atoms with Crippen molar-refractivity contribution < 1.29 is 4.74 Å². The molecule has 0 spiro atoms. The number of aliphatic imine (C=N–C) groups is 1. The lowest BCUT2D eigenvalue weighted by atomic mass is 9.65. The summed E-state index contributed by atoms with van der Waals surface area (Å²) in [4.78, 5) is 6.99. The SMILES string of the molecule is CCCCOC1CC(N=C(N)N2CCSCC2)C1(C)C. The molecule has 1 saturated heterocycles. The van der Waals surface area contributed by atoms with Crippen LogP contribution in [0.4, 0.5) is 0 Å². The average Bonchev–Trinajstić information content (AvgIpc) is 2.46. The van der Waals surface area contributed by atoms with Crippen molar-refractivity contribution in [1.82, 2.24) is 4.90 Å². The summed E-state index contributed by atoms with van der Waals surface area (Å²) < 4.78 is 5.96. The Balaban J connectivity index is 1.84. The van der Waals surface area contributed by atoms with Crippen LogP contribution in [0, 0.1) is 5.41 Å². The summed E-state index contributed by atoms with van der Waals surface area (Å²) >= 11 is 1.99. The molecule has 4 nitrogen and oxygen atoms in total. The zero-order valence-corrected chi connectivity index (χ0v) is 13.9. The highest BCUT2D eigenvalue weighted by Crippen LogP contribution is 2.45. The molecule has 1 aliphatic carbocycles. The van der Waals surface area contributed by atoms with Crippen molar-refractivity contribution in [2.75, 3.05) is 31.2 Å². The minimum atomic E-state index is 0.114. The highest BCUT2D eigenvalue weighted by Gasteiger charge is 2.49. The number of rotatable bonds is 5. The summed E-state index contributed by atoms with van der Waals surface area (Å²) in [7, 11) is 0. The van der Waals surface area contributed by atoms with E-state index in [1.807, 2.05) is 11.8 Å². The predicted octanol–water partition coefficient (Wildman–Crippen LogP) is 2.33. The van der Waals surface area contributed by atoms with Crippen LogP contribution in [0.2, 0.25) is 0 Å². The van der Waals surface area contributed by atoms with Crippen LogP contribution < -0.4 is 5.73 Å². The van der Waals surface area contributed by atoms with Crippen LogP contribution in [0.5, 0.6) is 0 Å². The molecule has 2 aliphatic rings. The Labute approximate surface area is 127 Å². The molecular weight excluding hydrogens is 270 g/mol. The molecule has 2 rings (SSSR count). The zero-order valence-electron chi connectivity index (χ0n) is 13.1.